The van der Waals surface area contributed by atoms with Crippen LogP contribution in [0.15, 0.2) is 97.6 Å². The molecule has 0 saturated carbocycles. The number of nitrogens with zero attached hydrogens (tertiary/aromatic N) is 1. The molecular weight excluding hydrogens is 1790 g/mol. The SMILES string of the molecule is CC[C@H](C)[C@H](NC(=O)[C@H](CCCNC(=N)N)NC(=O)[C@@H](N)Cc1c[nH]cn1)C(=O)N[C@@H](CO)C(=O)N[C@@H](CC(=O)O)C(=O)N[C@@H](CCCNC(=N)N)C(=O)N[C@@H](CC(=O)O)C(=O)NC(=O)[C@H](Cc1ccccc1)NC(=O)[C@H](CC(=O)OS(=O)(=O)O)NC(=O)[C@H](CCSC)NC(=O)[C@H](Cc1c[nH]c2ccccc12)NC(=O)CNC(=O)[C@H](CCSC)NC(=O)[C@@H](N)Cc1ccc(O)cc1. The van der Waals surface area contributed by atoms with Gasteiger partial charge in [0.25, 0.3) is 0 Å². The molecule has 2 heterocycles. The van der Waals surface area contributed by atoms with Crippen molar-refractivity contribution in [3.63, 3.8) is 0 Å². The molecule has 0 aliphatic carbocycles. The van der Waals surface area contributed by atoms with Crippen LogP contribution < -0.4 is 103 Å². The highest BCUT2D eigenvalue weighted by molar-refractivity contribution is 7.98. The molecule has 0 aliphatic rings. The number of rotatable bonds is 58. The molecule has 0 bridgehead atoms. The van der Waals surface area contributed by atoms with E-state index in [0.717, 1.165) is 11.8 Å². The number of aromatic nitrogens is 3. The average Bonchev–Trinajstić information content (AvgIpc) is 1.50. The number of hydrogen-bond acceptors (Lipinski definition) is 29. The zero-order chi connectivity index (χ0) is 97.9. The molecule has 0 radical (unpaired) electrons. The van der Waals surface area contributed by atoms with Crippen molar-refractivity contribution in [3.8, 4) is 5.75 Å². The molecule has 0 unspecified atom stereocenters. The number of aromatic hydroxyl groups is 1. The summed E-state index contributed by atoms with van der Waals surface area (Å²) in [5.74, 6) is -23.6. The van der Waals surface area contributed by atoms with Crippen molar-refractivity contribution in [2.75, 3.05) is 50.3 Å². The van der Waals surface area contributed by atoms with Gasteiger partial charge >= 0.3 is 28.3 Å². The highest BCUT2D eigenvalue weighted by Gasteiger charge is 2.40. The number of imidazole rings is 1. The number of carbonyl (C=O) groups is 17. The fraction of sp³-hybridized carbons (Fsp3) is 0.475. The molecule has 5 rings (SSSR count). The minimum atomic E-state index is -5.67. The van der Waals surface area contributed by atoms with Crippen LogP contribution in [0.2, 0.25) is 0 Å². The minimum Gasteiger partial charge on any atom is -0.508 e. The number of aromatic amines is 2. The van der Waals surface area contributed by atoms with Crippen molar-refractivity contribution in [2.24, 2.45) is 28.9 Å². The maximum Gasteiger partial charge on any atom is 0.448 e. The van der Waals surface area contributed by atoms with Gasteiger partial charge in [0.05, 0.1) is 56.5 Å². The predicted molar refractivity (Wildman–Crippen MR) is 477 cm³/mol. The zero-order valence-electron chi connectivity index (χ0n) is 72.3. The number of carbonyl (C=O) groups excluding carboxylic acids is 15. The van der Waals surface area contributed by atoms with E-state index >= 15 is 0 Å². The minimum absolute atomic E-state index is 0.0179. The van der Waals surface area contributed by atoms with Gasteiger partial charge in [-0.1, -0.05) is 80.9 Å². The predicted octanol–water partition coefficient (Wildman–Crippen LogP) is -6.63. The van der Waals surface area contributed by atoms with Gasteiger partial charge in [-0.25, -0.2) is 4.98 Å². The highest BCUT2D eigenvalue weighted by Crippen LogP contribution is 2.21. The number of imide groups is 1. The maximum atomic E-state index is 14.8. The summed E-state index contributed by atoms with van der Waals surface area (Å²) in [7, 11) is -5.67. The lowest BCUT2D eigenvalue weighted by Crippen LogP contribution is -2.62. The summed E-state index contributed by atoms with van der Waals surface area (Å²) in [4.78, 5) is 247. The number of phenolic OH excluding ortho intramolecular Hbond substituents is 1. The van der Waals surface area contributed by atoms with Crippen molar-refractivity contribution < 1.29 is 119 Å². The lowest BCUT2D eigenvalue weighted by atomic mass is 9.97. The second-order valence-corrected chi connectivity index (χ2v) is 33.2. The number of guanidine groups is 2. The van der Waals surface area contributed by atoms with E-state index in [1.54, 1.807) is 62.0 Å². The monoisotopic (exact) mass is 1910 g/mol. The van der Waals surface area contributed by atoms with Crippen LogP contribution in [0.4, 0.5) is 0 Å². The molecule has 32 N–H and O–H groups in total. The number of amides is 14. The Morgan fingerprint density at radius 1 is 0.492 bits per heavy atom. The van der Waals surface area contributed by atoms with E-state index in [2.05, 4.69) is 93.6 Å². The van der Waals surface area contributed by atoms with Crippen molar-refractivity contribution >= 4 is 157 Å². The zero-order valence-corrected chi connectivity index (χ0v) is 74.8. The summed E-state index contributed by atoms with van der Waals surface area (Å²) in [5, 5.41) is 91.3. The van der Waals surface area contributed by atoms with Gasteiger partial charge in [-0.05, 0) is 110 Å². The van der Waals surface area contributed by atoms with Gasteiger partial charge in [0.15, 0.2) is 11.9 Å². The van der Waals surface area contributed by atoms with Crippen LogP contribution in [0.25, 0.3) is 10.9 Å². The Bertz CT molecular complexity index is 4940. The number of fused-ring (bicyclic) bond motifs is 1. The number of carboxylic acids is 2. The van der Waals surface area contributed by atoms with E-state index in [0.29, 0.717) is 33.5 Å². The molecule has 14 atom stereocenters. The van der Waals surface area contributed by atoms with Crippen LogP contribution in [0.5, 0.6) is 5.75 Å². The molecule has 2 aromatic heterocycles. The van der Waals surface area contributed by atoms with Crippen LogP contribution >= 0.6 is 23.5 Å². The number of nitrogens with two attached hydrogens (primary N) is 4. The summed E-state index contributed by atoms with van der Waals surface area (Å²) >= 11 is 2.50. The first-order valence-electron chi connectivity index (χ1n) is 41.2. The maximum absolute atomic E-state index is 14.8. The third-order valence-corrected chi connectivity index (χ3v) is 21.6. The van der Waals surface area contributed by atoms with E-state index in [9.17, 15) is 115 Å². The first kappa shape index (κ1) is 109. The smallest absolute Gasteiger partial charge is 0.448 e. The lowest BCUT2D eigenvalue weighted by Gasteiger charge is -2.29. The quantitative estimate of drug-likeness (QED) is 0.00745. The van der Waals surface area contributed by atoms with Gasteiger partial charge in [0, 0.05) is 55.6 Å². The van der Waals surface area contributed by atoms with Gasteiger partial charge in [0.2, 0.25) is 82.7 Å². The molecule has 0 fully saturated rings. The molecule has 5 aromatic rings. The Labute approximate surface area is 765 Å². The number of aliphatic carboxylic acids is 2. The Morgan fingerprint density at radius 2 is 0.932 bits per heavy atom. The van der Waals surface area contributed by atoms with Crippen LogP contribution in [0.1, 0.15) is 100 Å². The van der Waals surface area contributed by atoms with E-state index in [1.165, 1.54) is 73.7 Å². The van der Waals surface area contributed by atoms with Crippen LogP contribution in [-0.4, -0.2) is 290 Å². The van der Waals surface area contributed by atoms with Crippen molar-refractivity contribution in [3.05, 3.63) is 120 Å². The Balaban J connectivity index is 1.40. The Morgan fingerprint density at radius 3 is 1.45 bits per heavy atom. The number of aliphatic hydroxyl groups excluding tert-OH is 1. The van der Waals surface area contributed by atoms with E-state index in [1.807, 2.05) is 5.32 Å². The summed E-state index contributed by atoms with van der Waals surface area (Å²) in [6, 6.07) is -2.84. The van der Waals surface area contributed by atoms with E-state index < -0.39 is 253 Å². The number of benzene rings is 3. The number of hydrogen-bond donors (Lipinski definition) is 28. The van der Waals surface area contributed by atoms with Gasteiger partial charge in [0.1, 0.15) is 72.2 Å². The molecule has 3 aromatic carbocycles. The number of thioether (sulfide) groups is 2. The number of H-pyrrole nitrogens is 2. The molecular formula is C80H114N24O25S3. The molecule has 722 valence electrons. The first-order chi connectivity index (χ1) is 62.5. The van der Waals surface area contributed by atoms with Crippen LogP contribution in [0, 0.1) is 16.7 Å². The van der Waals surface area contributed by atoms with Crippen molar-refractivity contribution in [1.82, 2.24) is 94.7 Å². The average molecular weight is 1910 g/mol. The topological polar surface area (TPSA) is 811 Å². The number of carboxylic acid groups (broad SMARTS) is 2. The first-order valence-corrected chi connectivity index (χ1v) is 45.4. The summed E-state index contributed by atoms with van der Waals surface area (Å²) in [5.41, 5.74) is 25.5. The largest absolute Gasteiger partial charge is 0.508 e. The summed E-state index contributed by atoms with van der Waals surface area (Å²) in [6.45, 7) is 0.955. The number of para-hydroxylation sites is 1. The second kappa shape index (κ2) is 55.5. The number of aliphatic hydroxyl groups is 1. The number of phenols is 1. The molecule has 0 spiro atoms. The van der Waals surface area contributed by atoms with Crippen LogP contribution in [-0.2, 0) is 122 Å². The highest BCUT2D eigenvalue weighted by atomic mass is 32.3. The van der Waals surface area contributed by atoms with Gasteiger partial charge < -0.3 is 132 Å². The van der Waals surface area contributed by atoms with Gasteiger partial charge in [-0.2, -0.15) is 31.9 Å². The molecule has 14 amide bonds. The van der Waals surface area contributed by atoms with Gasteiger partial charge in [-0.15, -0.1) is 0 Å². The van der Waals surface area contributed by atoms with E-state index in [-0.39, 0.29) is 87.9 Å². The molecule has 0 saturated heterocycles. The third-order valence-electron chi connectivity index (χ3n) is 19.9. The molecule has 0 aliphatic heterocycles. The fourth-order valence-electron chi connectivity index (χ4n) is 12.8. The standard InChI is InChI=1S/C80H114N24O25S3/c1-5-41(2)65(103-71(118)52(18-12-26-89-80(85)86)94-67(114)49(82)32-45-37-87-40-92-45)78(125)102-60(39-105)77(124)100-57(33-62(108)109)73(120)96-51(17-11-25-88-79(83)84)69(116)99-58(34-63(110)111)76(123)104-75(122)55(30-42-13-7-6-8-14-42)98-74(121)59(35-64(112)129-132(126,127)128)101-70(117)54(24-28-131-4)97-72(119)56(31-44-36-90-50-16-10-9-15-47(44)50)93-61(107)38-91-68(115)53(23-27-130-3)95-66(113)48(81)29-43-19-21-46(106)22-20-43/h6-10,13-16,19-22,36-37,40-41,48-49,51-60,65,90,105-106H,5,11-12,17-18,23-35,38-39,81-82H2,1-4H3,(H,87,92)(H,91,115)(H,93,107)(H,94,114)(H,95,113)(H,96,120)(H,97,119)(H,98,121)(H,99,116)(H,100,124)(H,101,117)(H,102,125)(H,103,118)(H,108,109)(H,110,111)(H4,83,84,88)(H4,85,86,89)(H,104,122,123)(H,126,127,128)/t41-,48-,49-,51-,52-,53-,54-,55-,56-,57-,58-,59-,60-,65-/m0/s1. The molecule has 132 heavy (non-hydrogen) atoms. The van der Waals surface area contributed by atoms with E-state index in [4.69, 9.17) is 33.8 Å². The summed E-state index contributed by atoms with van der Waals surface area (Å²) < 4.78 is 37.5. The lowest BCUT2D eigenvalue weighted by molar-refractivity contribution is -0.143. The van der Waals surface area contributed by atoms with Crippen molar-refractivity contribution in [2.45, 2.75) is 182 Å². The second-order valence-electron chi connectivity index (χ2n) is 30.2. The third kappa shape index (κ3) is 39.0. The summed E-state index contributed by atoms with van der Waals surface area (Å²) in [6.07, 6.45) is 1.83. The molecule has 52 heteroatoms. The van der Waals surface area contributed by atoms with Crippen molar-refractivity contribution in [1.29, 1.82) is 10.8 Å². The Hall–Kier alpha value is -13.6. The fourth-order valence-corrected chi connectivity index (χ4v) is 14.1. The van der Waals surface area contributed by atoms with Gasteiger partial charge in [-0.3, -0.25) is 102 Å². The Kier molecular flexibility index (Phi) is 45.8. The normalized spacial score (nSPS) is 14.3. The molecule has 49 nitrogen and oxygen atoms in total. The van der Waals surface area contributed by atoms with Crippen LogP contribution in [0.3, 0.4) is 0 Å². The number of nitrogens with one attached hydrogen (secondary N) is 19.